The second kappa shape index (κ2) is 6.01. The standard InChI is InChI=1S/C14H16N4O4S/c1-10(8-18-6-2-5-15-18)17-23(20,21)11-3-4-13-12(7-11)16-14(19)9-22-13/h2-7,10,17H,8-9H2,1H3,(H,16,19)/t10-/m0/s1. The van der Waals surface area contributed by atoms with E-state index in [0.717, 1.165) is 0 Å². The van der Waals surface area contributed by atoms with Gasteiger partial charge in [0.25, 0.3) is 5.91 Å². The summed E-state index contributed by atoms with van der Waals surface area (Å²) in [4.78, 5) is 11.4. The van der Waals surface area contributed by atoms with Crippen molar-refractivity contribution in [1.82, 2.24) is 14.5 Å². The number of amides is 1. The molecule has 1 amide bonds. The van der Waals surface area contributed by atoms with Crippen LogP contribution in [0, 0.1) is 0 Å². The molecule has 1 atom stereocenters. The van der Waals surface area contributed by atoms with E-state index in [1.54, 1.807) is 30.1 Å². The molecular formula is C14H16N4O4S. The highest BCUT2D eigenvalue weighted by Gasteiger charge is 2.22. The SMILES string of the molecule is C[C@@H](Cn1cccn1)NS(=O)(=O)c1ccc2c(c1)NC(=O)CO2. The van der Waals surface area contributed by atoms with Crippen LogP contribution in [0.4, 0.5) is 5.69 Å². The average molecular weight is 336 g/mol. The molecule has 0 radical (unpaired) electrons. The molecule has 2 N–H and O–H groups in total. The maximum Gasteiger partial charge on any atom is 0.262 e. The molecule has 0 bridgehead atoms. The Labute approximate surface area is 133 Å². The van der Waals surface area contributed by atoms with Crippen molar-refractivity contribution in [2.45, 2.75) is 24.4 Å². The van der Waals surface area contributed by atoms with Gasteiger partial charge in [0.15, 0.2) is 6.61 Å². The van der Waals surface area contributed by atoms with Crippen LogP contribution in [0.2, 0.25) is 0 Å². The Morgan fingerprint density at radius 2 is 2.30 bits per heavy atom. The predicted octanol–water partition coefficient (Wildman–Crippen LogP) is 0.581. The van der Waals surface area contributed by atoms with E-state index in [1.165, 1.54) is 18.2 Å². The van der Waals surface area contributed by atoms with Crippen molar-refractivity contribution in [2.75, 3.05) is 11.9 Å². The maximum absolute atomic E-state index is 12.4. The van der Waals surface area contributed by atoms with Gasteiger partial charge in [0.2, 0.25) is 10.0 Å². The Morgan fingerprint density at radius 1 is 1.48 bits per heavy atom. The van der Waals surface area contributed by atoms with Crippen molar-refractivity contribution in [1.29, 1.82) is 0 Å². The molecule has 2 aromatic rings. The predicted molar refractivity (Wildman–Crippen MR) is 82.6 cm³/mol. The molecule has 0 fully saturated rings. The normalized spacial score (nSPS) is 15.4. The third-order valence-corrected chi connectivity index (χ3v) is 4.86. The number of carbonyl (C=O) groups excluding carboxylic acids is 1. The Balaban J connectivity index is 1.77. The molecule has 1 aliphatic rings. The molecule has 23 heavy (non-hydrogen) atoms. The summed E-state index contributed by atoms with van der Waals surface area (Å²) in [7, 11) is -3.71. The van der Waals surface area contributed by atoms with Crippen LogP contribution in [0.15, 0.2) is 41.6 Å². The van der Waals surface area contributed by atoms with Gasteiger partial charge in [-0.2, -0.15) is 5.10 Å². The van der Waals surface area contributed by atoms with Gasteiger partial charge in [-0.05, 0) is 31.2 Å². The van der Waals surface area contributed by atoms with Gasteiger partial charge in [-0.3, -0.25) is 9.48 Å². The quantitative estimate of drug-likeness (QED) is 0.831. The Morgan fingerprint density at radius 3 is 3.04 bits per heavy atom. The van der Waals surface area contributed by atoms with Crippen molar-refractivity contribution in [2.24, 2.45) is 0 Å². The molecule has 0 aliphatic carbocycles. The van der Waals surface area contributed by atoms with Gasteiger partial charge in [0.1, 0.15) is 5.75 Å². The highest BCUT2D eigenvalue weighted by Crippen LogP contribution is 2.30. The van der Waals surface area contributed by atoms with Crippen LogP contribution in [0.5, 0.6) is 5.75 Å². The van der Waals surface area contributed by atoms with E-state index in [4.69, 9.17) is 4.74 Å². The van der Waals surface area contributed by atoms with Gasteiger partial charge >= 0.3 is 0 Å². The van der Waals surface area contributed by atoms with E-state index in [0.29, 0.717) is 18.0 Å². The summed E-state index contributed by atoms with van der Waals surface area (Å²) >= 11 is 0. The van der Waals surface area contributed by atoms with Crippen LogP contribution >= 0.6 is 0 Å². The van der Waals surface area contributed by atoms with Gasteiger partial charge in [0, 0.05) is 18.4 Å². The van der Waals surface area contributed by atoms with Crippen LogP contribution in [-0.4, -0.2) is 36.8 Å². The first-order chi connectivity index (χ1) is 10.9. The number of rotatable bonds is 5. The van der Waals surface area contributed by atoms with Crippen molar-refractivity contribution in [3.05, 3.63) is 36.7 Å². The molecule has 122 valence electrons. The van der Waals surface area contributed by atoms with Crippen LogP contribution in [-0.2, 0) is 21.4 Å². The van der Waals surface area contributed by atoms with Crippen molar-refractivity contribution in [3.8, 4) is 5.75 Å². The Hall–Kier alpha value is -2.39. The maximum atomic E-state index is 12.4. The number of benzene rings is 1. The molecule has 0 spiro atoms. The summed E-state index contributed by atoms with van der Waals surface area (Å²) in [6.45, 7) is 2.10. The summed E-state index contributed by atoms with van der Waals surface area (Å²) in [6, 6.07) is 5.78. The minimum atomic E-state index is -3.71. The molecule has 9 heteroatoms. The Bertz CT molecular complexity index is 817. The topological polar surface area (TPSA) is 102 Å². The number of aromatic nitrogens is 2. The first-order valence-corrected chi connectivity index (χ1v) is 8.49. The molecule has 1 aromatic heterocycles. The molecule has 2 heterocycles. The van der Waals surface area contributed by atoms with Crippen molar-refractivity contribution >= 4 is 21.6 Å². The third kappa shape index (κ3) is 3.51. The highest BCUT2D eigenvalue weighted by molar-refractivity contribution is 7.89. The molecule has 0 unspecified atom stereocenters. The summed E-state index contributed by atoms with van der Waals surface area (Å²) < 4.78 is 34.3. The van der Waals surface area contributed by atoms with Gasteiger partial charge in [-0.1, -0.05) is 0 Å². The molecule has 8 nitrogen and oxygen atoms in total. The zero-order valence-electron chi connectivity index (χ0n) is 12.4. The van der Waals surface area contributed by atoms with Crippen LogP contribution in [0.3, 0.4) is 0 Å². The first-order valence-electron chi connectivity index (χ1n) is 7.00. The number of nitrogens with zero attached hydrogens (tertiary/aromatic N) is 2. The molecule has 3 rings (SSSR count). The smallest absolute Gasteiger partial charge is 0.262 e. The van der Waals surface area contributed by atoms with Gasteiger partial charge in [-0.25, -0.2) is 13.1 Å². The van der Waals surface area contributed by atoms with Gasteiger partial charge < -0.3 is 10.1 Å². The minimum Gasteiger partial charge on any atom is -0.482 e. The zero-order valence-corrected chi connectivity index (χ0v) is 13.2. The fourth-order valence-corrected chi connectivity index (χ4v) is 3.55. The van der Waals surface area contributed by atoms with Gasteiger partial charge in [-0.15, -0.1) is 0 Å². The molecular weight excluding hydrogens is 320 g/mol. The number of fused-ring (bicyclic) bond motifs is 1. The van der Waals surface area contributed by atoms with E-state index in [9.17, 15) is 13.2 Å². The number of sulfonamides is 1. The number of hydrogen-bond donors (Lipinski definition) is 2. The molecule has 1 aliphatic heterocycles. The van der Waals surface area contributed by atoms with Crippen LogP contribution in [0.25, 0.3) is 0 Å². The number of ether oxygens (including phenoxy) is 1. The lowest BCUT2D eigenvalue weighted by Crippen LogP contribution is -2.36. The lowest BCUT2D eigenvalue weighted by molar-refractivity contribution is -0.118. The number of hydrogen-bond acceptors (Lipinski definition) is 5. The second-order valence-corrected chi connectivity index (χ2v) is 6.96. The lowest BCUT2D eigenvalue weighted by Gasteiger charge is -2.19. The number of nitrogens with one attached hydrogen (secondary N) is 2. The highest BCUT2D eigenvalue weighted by atomic mass is 32.2. The fourth-order valence-electron chi connectivity index (χ4n) is 2.29. The van der Waals surface area contributed by atoms with E-state index < -0.39 is 10.0 Å². The summed E-state index contributed by atoms with van der Waals surface area (Å²) in [5.74, 6) is 0.139. The van der Waals surface area contributed by atoms with Crippen LogP contribution < -0.4 is 14.8 Å². The largest absolute Gasteiger partial charge is 0.482 e. The van der Waals surface area contributed by atoms with Gasteiger partial charge in [0.05, 0.1) is 17.1 Å². The molecule has 1 aromatic carbocycles. The number of carbonyl (C=O) groups is 1. The minimum absolute atomic E-state index is 0.0642. The summed E-state index contributed by atoms with van der Waals surface area (Å²) in [5.41, 5.74) is 0.351. The monoisotopic (exact) mass is 336 g/mol. The summed E-state index contributed by atoms with van der Waals surface area (Å²) in [5, 5.41) is 6.63. The van der Waals surface area contributed by atoms with E-state index >= 15 is 0 Å². The lowest BCUT2D eigenvalue weighted by atomic mass is 10.2. The van der Waals surface area contributed by atoms with Crippen LogP contribution in [0.1, 0.15) is 6.92 Å². The summed E-state index contributed by atoms with van der Waals surface area (Å²) in [6.07, 6.45) is 3.39. The second-order valence-electron chi connectivity index (χ2n) is 5.25. The van der Waals surface area contributed by atoms with E-state index in [1.807, 2.05) is 0 Å². The number of anilines is 1. The molecule has 0 saturated carbocycles. The third-order valence-electron chi connectivity index (χ3n) is 3.27. The first kappa shape index (κ1) is 15.5. The van der Waals surface area contributed by atoms with Crippen molar-refractivity contribution in [3.63, 3.8) is 0 Å². The van der Waals surface area contributed by atoms with E-state index in [2.05, 4.69) is 15.1 Å². The fraction of sp³-hybridized carbons (Fsp3) is 0.286. The van der Waals surface area contributed by atoms with Crippen molar-refractivity contribution < 1.29 is 17.9 Å². The average Bonchev–Trinajstić information content (AvgIpc) is 2.98. The Kier molecular flexibility index (Phi) is 4.05. The van der Waals surface area contributed by atoms with E-state index in [-0.39, 0.29) is 23.5 Å². The molecule has 0 saturated heterocycles. The zero-order chi connectivity index (χ0) is 16.4.